The first-order valence-corrected chi connectivity index (χ1v) is 5.26. The molecular formula is C11H10Cl2O2. The van der Waals surface area contributed by atoms with Crippen LogP contribution in [0.1, 0.15) is 19.4 Å². The maximum Gasteiger partial charge on any atom is 0.245 e. The van der Waals surface area contributed by atoms with Gasteiger partial charge in [0.15, 0.2) is 5.76 Å². The first-order valence-electron chi connectivity index (χ1n) is 4.50. The van der Waals surface area contributed by atoms with Crippen LogP contribution < -0.4 is 0 Å². The predicted octanol–water partition coefficient (Wildman–Crippen LogP) is 4.07. The molecule has 1 aromatic carbocycles. The lowest BCUT2D eigenvalue weighted by atomic mass is 10.2. The zero-order valence-corrected chi connectivity index (χ0v) is 9.89. The smallest absolute Gasteiger partial charge is 0.245 e. The van der Waals surface area contributed by atoms with Gasteiger partial charge >= 0.3 is 0 Å². The summed E-state index contributed by atoms with van der Waals surface area (Å²) in [4.78, 5) is 0. The van der Waals surface area contributed by atoms with Gasteiger partial charge in [0.2, 0.25) is 5.79 Å². The second-order valence-electron chi connectivity index (χ2n) is 3.73. The summed E-state index contributed by atoms with van der Waals surface area (Å²) in [5.41, 5.74) is 0.784. The van der Waals surface area contributed by atoms with Gasteiger partial charge in [-0.15, -0.1) is 0 Å². The van der Waals surface area contributed by atoms with Crippen LogP contribution in [0.2, 0.25) is 10.0 Å². The van der Waals surface area contributed by atoms with E-state index < -0.39 is 5.79 Å². The van der Waals surface area contributed by atoms with Crippen molar-refractivity contribution in [2.75, 3.05) is 0 Å². The van der Waals surface area contributed by atoms with E-state index >= 15 is 0 Å². The van der Waals surface area contributed by atoms with Gasteiger partial charge in [-0.25, -0.2) is 0 Å². The number of rotatable bonds is 1. The van der Waals surface area contributed by atoms with Crippen molar-refractivity contribution in [3.05, 3.63) is 40.1 Å². The van der Waals surface area contributed by atoms with Crippen molar-refractivity contribution in [2.24, 2.45) is 0 Å². The Balaban J connectivity index is 2.32. The van der Waals surface area contributed by atoms with Gasteiger partial charge in [-0.2, -0.15) is 0 Å². The number of halogens is 2. The van der Waals surface area contributed by atoms with Gasteiger partial charge in [-0.3, -0.25) is 0 Å². The molecule has 15 heavy (non-hydrogen) atoms. The summed E-state index contributed by atoms with van der Waals surface area (Å²) >= 11 is 11.8. The first kappa shape index (κ1) is 10.7. The fourth-order valence-electron chi connectivity index (χ4n) is 1.32. The second-order valence-corrected chi connectivity index (χ2v) is 4.57. The normalized spacial score (nSPS) is 18.0. The van der Waals surface area contributed by atoms with E-state index in [9.17, 15) is 0 Å². The summed E-state index contributed by atoms with van der Waals surface area (Å²) in [6.45, 7) is 3.67. The van der Waals surface area contributed by atoms with E-state index in [1.54, 1.807) is 24.5 Å². The lowest BCUT2D eigenvalue weighted by Crippen LogP contribution is -2.19. The van der Waals surface area contributed by atoms with Gasteiger partial charge in [0.05, 0.1) is 5.02 Å². The SMILES string of the molecule is CC1(C)OC=C(c2ccc(Cl)cc2Cl)O1. The van der Waals surface area contributed by atoms with Gasteiger partial charge in [0.25, 0.3) is 0 Å². The molecule has 1 aliphatic rings. The summed E-state index contributed by atoms with van der Waals surface area (Å²) in [7, 11) is 0. The third kappa shape index (κ3) is 2.21. The minimum absolute atomic E-state index is 0.551. The average Bonchev–Trinajstić information content (AvgIpc) is 2.46. The summed E-state index contributed by atoms with van der Waals surface area (Å²) in [5, 5.41) is 1.15. The predicted molar refractivity (Wildman–Crippen MR) is 60.7 cm³/mol. The molecule has 0 fully saturated rings. The highest BCUT2D eigenvalue weighted by molar-refractivity contribution is 6.35. The molecule has 0 atom stereocenters. The van der Waals surface area contributed by atoms with Crippen molar-refractivity contribution in [1.29, 1.82) is 0 Å². The van der Waals surface area contributed by atoms with Crippen LogP contribution in [0.25, 0.3) is 5.76 Å². The molecule has 0 aromatic heterocycles. The lowest BCUT2D eigenvalue weighted by molar-refractivity contribution is -0.102. The Bertz CT molecular complexity index is 425. The van der Waals surface area contributed by atoms with Gasteiger partial charge in [0, 0.05) is 24.4 Å². The number of hydrogen-bond acceptors (Lipinski definition) is 2. The van der Waals surface area contributed by atoms with E-state index in [0.717, 1.165) is 5.56 Å². The van der Waals surface area contributed by atoms with E-state index in [4.69, 9.17) is 32.7 Å². The Kier molecular flexibility index (Phi) is 2.57. The minimum Gasteiger partial charge on any atom is -0.457 e. The van der Waals surface area contributed by atoms with Crippen molar-refractivity contribution >= 4 is 29.0 Å². The second kappa shape index (κ2) is 3.62. The summed E-state index contributed by atoms with van der Waals surface area (Å²) < 4.78 is 10.9. The fourth-order valence-corrected chi connectivity index (χ4v) is 1.82. The molecule has 0 saturated heterocycles. The van der Waals surface area contributed by atoms with E-state index in [2.05, 4.69) is 0 Å². The van der Waals surface area contributed by atoms with E-state index in [-0.39, 0.29) is 0 Å². The summed E-state index contributed by atoms with van der Waals surface area (Å²) in [6, 6.07) is 5.24. The van der Waals surface area contributed by atoms with E-state index in [1.165, 1.54) is 0 Å². The van der Waals surface area contributed by atoms with Crippen molar-refractivity contribution in [3.63, 3.8) is 0 Å². The molecule has 2 rings (SSSR count). The molecule has 4 heteroatoms. The van der Waals surface area contributed by atoms with Crippen molar-refractivity contribution < 1.29 is 9.47 Å². The molecule has 0 amide bonds. The third-order valence-corrected chi connectivity index (χ3v) is 2.55. The molecule has 0 N–H and O–H groups in total. The molecule has 0 saturated carbocycles. The molecule has 0 radical (unpaired) electrons. The van der Waals surface area contributed by atoms with Crippen molar-refractivity contribution in [3.8, 4) is 0 Å². The molecule has 2 nitrogen and oxygen atoms in total. The molecule has 80 valence electrons. The van der Waals surface area contributed by atoms with Crippen LogP contribution in [0.4, 0.5) is 0 Å². The highest BCUT2D eigenvalue weighted by atomic mass is 35.5. The largest absolute Gasteiger partial charge is 0.457 e. The maximum atomic E-state index is 6.04. The Hall–Kier alpha value is -0.860. The van der Waals surface area contributed by atoms with Gasteiger partial charge in [0.1, 0.15) is 6.26 Å². The van der Waals surface area contributed by atoms with E-state index in [0.29, 0.717) is 15.8 Å². The third-order valence-electron chi connectivity index (χ3n) is 2.00. The van der Waals surface area contributed by atoms with Crippen LogP contribution in [0.15, 0.2) is 24.5 Å². The number of hydrogen-bond donors (Lipinski definition) is 0. The van der Waals surface area contributed by atoms with Crippen LogP contribution in [0, 0.1) is 0 Å². The van der Waals surface area contributed by atoms with Crippen LogP contribution in [0.5, 0.6) is 0 Å². The topological polar surface area (TPSA) is 18.5 Å². The Morgan fingerprint density at radius 3 is 2.47 bits per heavy atom. The Labute approximate surface area is 98.4 Å². The quantitative estimate of drug-likeness (QED) is 0.742. The first-order chi connectivity index (χ1) is 6.98. The highest BCUT2D eigenvalue weighted by Crippen LogP contribution is 2.35. The zero-order chi connectivity index (χ0) is 11.1. The molecule has 0 unspecified atom stereocenters. The molecule has 0 bridgehead atoms. The van der Waals surface area contributed by atoms with Gasteiger partial charge < -0.3 is 9.47 Å². The molecular weight excluding hydrogens is 235 g/mol. The zero-order valence-electron chi connectivity index (χ0n) is 8.38. The van der Waals surface area contributed by atoms with Gasteiger partial charge in [-0.05, 0) is 18.2 Å². The van der Waals surface area contributed by atoms with Crippen molar-refractivity contribution in [2.45, 2.75) is 19.6 Å². The van der Waals surface area contributed by atoms with Crippen LogP contribution in [0.3, 0.4) is 0 Å². The van der Waals surface area contributed by atoms with Gasteiger partial charge in [-0.1, -0.05) is 23.2 Å². The molecule has 0 spiro atoms. The van der Waals surface area contributed by atoms with Crippen LogP contribution in [-0.4, -0.2) is 5.79 Å². The standard InChI is InChI=1S/C11H10Cl2O2/c1-11(2)14-6-10(15-11)8-4-3-7(12)5-9(8)13/h3-6H,1-2H3. The molecule has 1 heterocycles. The monoisotopic (exact) mass is 244 g/mol. The fraction of sp³-hybridized carbons (Fsp3) is 0.273. The number of ether oxygens (including phenoxy) is 2. The van der Waals surface area contributed by atoms with E-state index in [1.807, 2.05) is 13.8 Å². The molecule has 1 aliphatic heterocycles. The van der Waals surface area contributed by atoms with Crippen molar-refractivity contribution in [1.82, 2.24) is 0 Å². The van der Waals surface area contributed by atoms with Crippen LogP contribution >= 0.6 is 23.2 Å². The Morgan fingerprint density at radius 2 is 1.93 bits per heavy atom. The molecule has 0 aliphatic carbocycles. The highest BCUT2D eigenvalue weighted by Gasteiger charge is 2.29. The lowest BCUT2D eigenvalue weighted by Gasteiger charge is -2.18. The summed E-state index contributed by atoms with van der Waals surface area (Å²) in [5.74, 6) is -0.000145. The van der Waals surface area contributed by atoms with Crippen LogP contribution in [-0.2, 0) is 9.47 Å². The maximum absolute atomic E-state index is 6.04. The molecule has 1 aromatic rings. The summed E-state index contributed by atoms with van der Waals surface area (Å²) in [6.07, 6.45) is 1.56. The number of benzene rings is 1. The average molecular weight is 245 g/mol. The minimum atomic E-state index is -0.627. The Morgan fingerprint density at radius 1 is 1.20 bits per heavy atom.